The summed E-state index contributed by atoms with van der Waals surface area (Å²) in [5, 5.41) is 25.4. The van der Waals surface area contributed by atoms with Crippen LogP contribution in [0.5, 0.6) is 5.75 Å². The van der Waals surface area contributed by atoms with E-state index in [1.54, 1.807) is 12.1 Å². The van der Waals surface area contributed by atoms with Gasteiger partial charge in [0.05, 0.1) is 29.9 Å². The summed E-state index contributed by atoms with van der Waals surface area (Å²) in [5.41, 5.74) is 1.13. The molecule has 0 radical (unpaired) electrons. The highest BCUT2D eigenvalue weighted by Crippen LogP contribution is 2.26. The van der Waals surface area contributed by atoms with E-state index in [1.807, 2.05) is 13.0 Å². The number of aliphatic hydroxyl groups excluding tert-OH is 1. The highest BCUT2D eigenvalue weighted by atomic mass is 16.6. The molecule has 0 unspecified atom stereocenters. The van der Waals surface area contributed by atoms with Gasteiger partial charge in [-0.05, 0) is 37.6 Å². The Morgan fingerprint density at radius 3 is 2.57 bits per heavy atom. The maximum Gasteiger partial charge on any atom is 0.341 e. The molecule has 10 heteroatoms. The van der Waals surface area contributed by atoms with Gasteiger partial charge in [0, 0.05) is 24.4 Å². The number of non-ortho nitro benzene ring substituents is 1. The molecule has 1 atom stereocenters. The lowest BCUT2D eigenvalue weighted by Gasteiger charge is -2.17. The second-order valence-electron chi connectivity index (χ2n) is 6.38. The molecule has 2 aromatic rings. The van der Waals surface area contributed by atoms with Crippen LogP contribution < -0.4 is 15.4 Å². The van der Waals surface area contributed by atoms with Gasteiger partial charge in [0.25, 0.3) is 11.6 Å². The highest BCUT2D eigenvalue weighted by molar-refractivity contribution is 6.00. The van der Waals surface area contributed by atoms with Gasteiger partial charge in [0.2, 0.25) is 0 Å². The number of aryl methyl sites for hydroxylation is 1. The Morgan fingerprint density at radius 1 is 1.20 bits per heavy atom. The van der Waals surface area contributed by atoms with E-state index in [-0.39, 0.29) is 30.1 Å². The predicted molar refractivity (Wildman–Crippen MR) is 110 cm³/mol. The minimum atomic E-state index is -1.19. The Kier molecular flexibility index (Phi) is 7.70. The van der Waals surface area contributed by atoms with Crippen molar-refractivity contribution >= 4 is 28.9 Å². The number of methoxy groups -OCH3 is 1. The number of nitrogens with zero attached hydrogens (tertiary/aromatic N) is 1. The minimum Gasteiger partial charge on any atom is -0.495 e. The van der Waals surface area contributed by atoms with Crippen molar-refractivity contribution in [3.05, 3.63) is 57.6 Å². The normalized spacial score (nSPS) is 11.3. The SMILES string of the molecule is COc1ccc(C)cc1NC(=O)[C@@H](C)OC(=O)c1cc([N+](=O)[O-])ccc1NCCO. The van der Waals surface area contributed by atoms with Crippen molar-refractivity contribution in [3.63, 3.8) is 0 Å². The Morgan fingerprint density at radius 2 is 1.93 bits per heavy atom. The molecular formula is C20H23N3O7. The molecule has 0 saturated heterocycles. The standard InChI is InChI=1S/C20H23N3O7/c1-12-4-7-18(29-3)17(10-12)22-19(25)13(2)30-20(26)15-11-14(23(27)28)5-6-16(15)21-8-9-24/h4-7,10-11,13,21,24H,8-9H2,1-3H3,(H,22,25)/t13-/m1/s1. The number of hydrogen-bond acceptors (Lipinski definition) is 8. The van der Waals surface area contributed by atoms with Gasteiger partial charge in [-0.3, -0.25) is 14.9 Å². The number of hydrogen-bond donors (Lipinski definition) is 3. The van der Waals surface area contributed by atoms with E-state index < -0.39 is 22.9 Å². The number of ether oxygens (including phenoxy) is 2. The molecule has 3 N–H and O–H groups in total. The molecule has 0 fully saturated rings. The summed E-state index contributed by atoms with van der Waals surface area (Å²) in [6, 6.07) is 8.84. The smallest absolute Gasteiger partial charge is 0.341 e. The molecule has 0 spiro atoms. The van der Waals surface area contributed by atoms with Crippen LogP contribution >= 0.6 is 0 Å². The third-order valence-electron chi connectivity index (χ3n) is 4.13. The Hall–Kier alpha value is -3.66. The fourth-order valence-corrected chi connectivity index (χ4v) is 2.59. The largest absolute Gasteiger partial charge is 0.495 e. The van der Waals surface area contributed by atoms with Crippen LogP contribution in [0.15, 0.2) is 36.4 Å². The molecule has 0 bridgehead atoms. The maximum atomic E-state index is 12.6. The van der Waals surface area contributed by atoms with Crippen molar-refractivity contribution < 1.29 is 29.1 Å². The number of aliphatic hydroxyl groups is 1. The maximum absolute atomic E-state index is 12.6. The third kappa shape index (κ3) is 5.67. The highest BCUT2D eigenvalue weighted by Gasteiger charge is 2.24. The van der Waals surface area contributed by atoms with Crippen LogP contribution in [0.4, 0.5) is 17.1 Å². The van der Waals surface area contributed by atoms with Gasteiger partial charge in [-0.25, -0.2) is 4.79 Å². The van der Waals surface area contributed by atoms with Gasteiger partial charge in [0.1, 0.15) is 5.75 Å². The second-order valence-corrected chi connectivity index (χ2v) is 6.38. The number of nitro groups is 1. The molecule has 0 aliphatic carbocycles. The van der Waals surface area contributed by atoms with Crippen LogP contribution in [0.25, 0.3) is 0 Å². The fourth-order valence-electron chi connectivity index (χ4n) is 2.59. The average molecular weight is 417 g/mol. The quantitative estimate of drug-likeness (QED) is 0.321. The summed E-state index contributed by atoms with van der Waals surface area (Å²) in [5.74, 6) is -1.07. The first-order valence-electron chi connectivity index (χ1n) is 9.06. The Labute approximate surface area is 173 Å². The number of nitro benzene ring substituents is 1. The second kappa shape index (κ2) is 10.2. The van der Waals surface area contributed by atoms with Gasteiger partial charge in [-0.2, -0.15) is 0 Å². The fraction of sp³-hybridized carbons (Fsp3) is 0.300. The van der Waals surface area contributed by atoms with E-state index in [0.717, 1.165) is 11.6 Å². The van der Waals surface area contributed by atoms with Crippen molar-refractivity contribution in [1.29, 1.82) is 0 Å². The van der Waals surface area contributed by atoms with Gasteiger partial charge in [0.15, 0.2) is 6.10 Å². The van der Waals surface area contributed by atoms with Gasteiger partial charge < -0.3 is 25.2 Å². The molecule has 0 saturated carbocycles. The molecule has 0 heterocycles. The van der Waals surface area contributed by atoms with Crippen LogP contribution in [0, 0.1) is 17.0 Å². The lowest BCUT2D eigenvalue weighted by Crippen LogP contribution is -2.30. The van der Waals surface area contributed by atoms with E-state index in [0.29, 0.717) is 11.4 Å². The van der Waals surface area contributed by atoms with E-state index in [9.17, 15) is 19.7 Å². The number of benzene rings is 2. The van der Waals surface area contributed by atoms with Gasteiger partial charge in [-0.1, -0.05) is 6.07 Å². The first-order valence-corrected chi connectivity index (χ1v) is 9.06. The molecule has 2 aromatic carbocycles. The number of rotatable bonds is 9. The van der Waals surface area contributed by atoms with E-state index in [4.69, 9.17) is 14.6 Å². The molecular weight excluding hydrogens is 394 g/mol. The van der Waals surface area contributed by atoms with E-state index >= 15 is 0 Å². The van der Waals surface area contributed by atoms with Gasteiger partial charge >= 0.3 is 5.97 Å². The molecule has 0 aromatic heterocycles. The van der Waals surface area contributed by atoms with Crippen LogP contribution in [0.1, 0.15) is 22.8 Å². The number of nitrogens with one attached hydrogen (secondary N) is 2. The summed E-state index contributed by atoms with van der Waals surface area (Å²) in [7, 11) is 1.47. The molecule has 2 rings (SSSR count). The van der Waals surface area contributed by atoms with Crippen molar-refractivity contribution in [2.45, 2.75) is 20.0 Å². The Bertz CT molecular complexity index is 946. The van der Waals surface area contributed by atoms with Gasteiger partial charge in [-0.15, -0.1) is 0 Å². The van der Waals surface area contributed by atoms with Crippen molar-refractivity contribution in [2.24, 2.45) is 0 Å². The zero-order chi connectivity index (χ0) is 22.3. The number of carbonyl (C=O) groups is 2. The number of carbonyl (C=O) groups excluding carboxylic acids is 2. The predicted octanol–water partition coefficient (Wildman–Crippen LogP) is 2.50. The van der Waals surface area contributed by atoms with E-state index in [1.165, 1.54) is 26.2 Å². The molecule has 30 heavy (non-hydrogen) atoms. The van der Waals surface area contributed by atoms with E-state index in [2.05, 4.69) is 10.6 Å². The number of anilines is 2. The average Bonchev–Trinajstić information content (AvgIpc) is 2.72. The number of esters is 1. The molecule has 160 valence electrons. The first-order chi connectivity index (χ1) is 14.3. The van der Waals surface area contributed by atoms with Crippen LogP contribution in [0.3, 0.4) is 0 Å². The zero-order valence-electron chi connectivity index (χ0n) is 16.8. The van der Waals surface area contributed by atoms with Crippen LogP contribution in [0.2, 0.25) is 0 Å². The summed E-state index contributed by atoms with van der Waals surface area (Å²) >= 11 is 0. The molecule has 0 aliphatic rings. The first kappa shape index (κ1) is 22.6. The lowest BCUT2D eigenvalue weighted by atomic mass is 10.1. The summed E-state index contributed by atoms with van der Waals surface area (Å²) in [6.45, 7) is 3.15. The van der Waals surface area contributed by atoms with Crippen molar-refractivity contribution in [2.75, 3.05) is 30.9 Å². The van der Waals surface area contributed by atoms with Crippen LogP contribution in [-0.4, -0.2) is 48.3 Å². The van der Waals surface area contributed by atoms with Crippen molar-refractivity contribution in [1.82, 2.24) is 0 Å². The topological polar surface area (TPSA) is 140 Å². The zero-order valence-corrected chi connectivity index (χ0v) is 16.8. The Balaban J connectivity index is 2.18. The summed E-state index contributed by atoms with van der Waals surface area (Å²) < 4.78 is 10.4. The lowest BCUT2D eigenvalue weighted by molar-refractivity contribution is -0.384. The van der Waals surface area contributed by atoms with Crippen LogP contribution in [-0.2, 0) is 9.53 Å². The minimum absolute atomic E-state index is 0.120. The number of amides is 1. The summed E-state index contributed by atoms with van der Waals surface area (Å²) in [4.78, 5) is 35.5. The third-order valence-corrected chi connectivity index (χ3v) is 4.13. The molecule has 10 nitrogen and oxygen atoms in total. The summed E-state index contributed by atoms with van der Waals surface area (Å²) in [6.07, 6.45) is -1.19. The molecule has 1 amide bonds. The molecule has 0 aliphatic heterocycles. The van der Waals surface area contributed by atoms with Crippen molar-refractivity contribution in [3.8, 4) is 5.75 Å². The monoisotopic (exact) mass is 417 g/mol.